The van der Waals surface area contributed by atoms with Gasteiger partial charge < -0.3 is 4.90 Å². The number of rotatable bonds is 9. The molecule has 0 radical (unpaired) electrons. The van der Waals surface area contributed by atoms with Crippen molar-refractivity contribution in [3.8, 4) is 21.1 Å². The van der Waals surface area contributed by atoms with Crippen molar-refractivity contribution in [2.45, 2.75) is 39.5 Å². The molecule has 4 aromatic rings. The van der Waals surface area contributed by atoms with Crippen LogP contribution < -0.4 is 4.90 Å². The van der Waals surface area contributed by atoms with E-state index >= 15 is 0 Å². The Morgan fingerprint density at radius 3 is 1.76 bits per heavy atom. The second-order valence-corrected chi connectivity index (χ2v) is 9.08. The molecule has 0 saturated heterocycles. The van der Waals surface area contributed by atoms with Crippen molar-refractivity contribution < 1.29 is 0 Å². The van der Waals surface area contributed by atoms with Gasteiger partial charge in [-0.3, -0.25) is 4.98 Å². The van der Waals surface area contributed by atoms with Gasteiger partial charge in [-0.25, -0.2) is 9.97 Å². The third-order valence-corrected chi connectivity index (χ3v) is 7.07. The number of unbranched alkanes of at least 4 members (excludes halogenated alkanes) is 2. The zero-order valence-electron chi connectivity index (χ0n) is 17.0. The fourth-order valence-corrected chi connectivity index (χ4v) is 5.32. The molecule has 0 aliphatic carbocycles. The summed E-state index contributed by atoms with van der Waals surface area (Å²) in [6, 6.07) is 12.9. The molecule has 0 N–H and O–H groups in total. The summed E-state index contributed by atoms with van der Waals surface area (Å²) < 4.78 is 0. The average molecular weight is 423 g/mol. The third kappa shape index (κ3) is 4.65. The minimum atomic E-state index is 1.01. The van der Waals surface area contributed by atoms with E-state index in [0.717, 1.165) is 38.3 Å². The summed E-state index contributed by atoms with van der Waals surface area (Å²) >= 11 is 3.31. The largest absolute Gasteiger partial charge is 0.372 e. The Labute approximate surface area is 180 Å². The minimum Gasteiger partial charge on any atom is -0.372 e. The highest BCUT2D eigenvalue weighted by Crippen LogP contribution is 2.36. The molecule has 0 atom stereocenters. The molecule has 1 aromatic carbocycles. The molecule has 0 unspecified atom stereocenters. The molecule has 0 bridgehead atoms. The molecule has 3 aromatic heterocycles. The fourth-order valence-electron chi connectivity index (χ4n) is 3.27. The highest BCUT2D eigenvalue weighted by molar-refractivity contribution is 7.29. The number of hydrogen-bond acceptors (Lipinski definition) is 6. The zero-order valence-corrected chi connectivity index (χ0v) is 18.6. The van der Waals surface area contributed by atoms with Crippen LogP contribution in [-0.4, -0.2) is 28.0 Å². The summed E-state index contributed by atoms with van der Waals surface area (Å²) in [6.07, 6.45) is 8.53. The number of pyridine rings is 1. The quantitative estimate of drug-likeness (QED) is 0.294. The first kappa shape index (κ1) is 20.0. The molecule has 150 valence electrons. The summed E-state index contributed by atoms with van der Waals surface area (Å²) in [4.78, 5) is 18.2. The van der Waals surface area contributed by atoms with Crippen LogP contribution in [0, 0.1) is 0 Å². The molecule has 6 heteroatoms. The van der Waals surface area contributed by atoms with Crippen LogP contribution in [0.3, 0.4) is 0 Å². The molecule has 4 nitrogen and oxygen atoms in total. The standard InChI is InChI=1S/C23H26N4S2/c1-3-5-15-27(16-6-4-2)19-9-7-17(8-10-19)20-25-22-23(28-20)26-21(29-22)18-11-13-24-14-12-18/h7-14H,3-6,15-16H2,1-2H3. The number of fused-ring (bicyclic) bond motifs is 1. The van der Waals surface area contributed by atoms with Crippen molar-refractivity contribution in [2.75, 3.05) is 18.0 Å². The van der Waals surface area contributed by atoms with E-state index in [0.29, 0.717) is 0 Å². The van der Waals surface area contributed by atoms with E-state index in [-0.39, 0.29) is 0 Å². The van der Waals surface area contributed by atoms with E-state index < -0.39 is 0 Å². The van der Waals surface area contributed by atoms with Gasteiger partial charge in [0.1, 0.15) is 10.0 Å². The second-order valence-electron chi connectivity index (χ2n) is 7.13. The van der Waals surface area contributed by atoms with E-state index in [1.165, 1.54) is 36.9 Å². The lowest BCUT2D eigenvalue weighted by Gasteiger charge is -2.24. The first-order valence-electron chi connectivity index (χ1n) is 10.3. The van der Waals surface area contributed by atoms with Gasteiger partial charge in [-0.1, -0.05) is 49.4 Å². The van der Waals surface area contributed by atoms with Gasteiger partial charge in [0.25, 0.3) is 0 Å². The predicted molar refractivity (Wildman–Crippen MR) is 126 cm³/mol. The van der Waals surface area contributed by atoms with Gasteiger partial charge in [-0.2, -0.15) is 0 Å². The van der Waals surface area contributed by atoms with Crippen LogP contribution in [0.1, 0.15) is 39.5 Å². The monoisotopic (exact) mass is 422 g/mol. The third-order valence-electron chi connectivity index (χ3n) is 4.95. The van der Waals surface area contributed by atoms with E-state index in [4.69, 9.17) is 9.97 Å². The highest BCUT2D eigenvalue weighted by atomic mass is 32.1. The average Bonchev–Trinajstić information content (AvgIpc) is 3.34. The molecule has 3 heterocycles. The number of hydrogen-bond donors (Lipinski definition) is 0. The molecule has 0 fully saturated rings. The van der Waals surface area contributed by atoms with E-state index in [9.17, 15) is 0 Å². The van der Waals surface area contributed by atoms with Crippen molar-refractivity contribution in [3.05, 3.63) is 48.8 Å². The summed E-state index contributed by atoms with van der Waals surface area (Å²) in [5.74, 6) is 0. The summed E-state index contributed by atoms with van der Waals surface area (Å²) in [5, 5.41) is 2.05. The summed E-state index contributed by atoms with van der Waals surface area (Å²) in [5.41, 5.74) is 3.58. The second kappa shape index (κ2) is 9.46. The van der Waals surface area contributed by atoms with Crippen molar-refractivity contribution in [1.29, 1.82) is 0 Å². The zero-order chi connectivity index (χ0) is 20.1. The Morgan fingerprint density at radius 2 is 1.24 bits per heavy atom. The van der Waals surface area contributed by atoms with Gasteiger partial charge in [0, 0.05) is 42.3 Å². The van der Waals surface area contributed by atoms with Crippen LogP contribution in [0.4, 0.5) is 5.69 Å². The van der Waals surface area contributed by atoms with Crippen LogP contribution in [0.15, 0.2) is 48.8 Å². The first-order valence-corrected chi connectivity index (χ1v) is 11.9. The summed E-state index contributed by atoms with van der Waals surface area (Å²) in [7, 11) is 0. The normalized spacial score (nSPS) is 11.2. The van der Waals surface area contributed by atoms with Crippen molar-refractivity contribution in [2.24, 2.45) is 0 Å². The van der Waals surface area contributed by atoms with Crippen molar-refractivity contribution >= 4 is 38.0 Å². The van der Waals surface area contributed by atoms with Gasteiger partial charge in [0.15, 0.2) is 9.66 Å². The van der Waals surface area contributed by atoms with Gasteiger partial charge in [-0.05, 0) is 49.2 Å². The molecule has 0 spiro atoms. The first-order chi connectivity index (χ1) is 14.3. The Hall–Kier alpha value is -2.31. The molecule has 0 amide bonds. The summed E-state index contributed by atoms with van der Waals surface area (Å²) in [6.45, 7) is 6.77. The predicted octanol–water partition coefficient (Wildman–Crippen LogP) is 6.89. The van der Waals surface area contributed by atoms with Gasteiger partial charge in [0.2, 0.25) is 0 Å². The smallest absolute Gasteiger partial charge is 0.155 e. The maximum Gasteiger partial charge on any atom is 0.155 e. The number of benzene rings is 1. The molecule has 0 saturated carbocycles. The maximum absolute atomic E-state index is 4.85. The maximum atomic E-state index is 4.85. The molecule has 0 aliphatic heterocycles. The van der Waals surface area contributed by atoms with Crippen LogP contribution in [0.25, 0.3) is 30.8 Å². The Kier molecular flexibility index (Phi) is 6.52. The molecule has 0 aliphatic rings. The van der Waals surface area contributed by atoms with Crippen molar-refractivity contribution in [3.63, 3.8) is 0 Å². The van der Waals surface area contributed by atoms with Gasteiger partial charge in [0.05, 0.1) is 0 Å². The SMILES string of the molecule is CCCCN(CCCC)c1ccc(-c2nc3sc(-c4ccncc4)nc3s2)cc1. The fraction of sp³-hybridized carbons (Fsp3) is 0.348. The number of nitrogens with zero attached hydrogens (tertiary/aromatic N) is 4. The molecular weight excluding hydrogens is 396 g/mol. The highest BCUT2D eigenvalue weighted by Gasteiger charge is 2.13. The molecule has 4 rings (SSSR count). The Bertz CT molecular complexity index is 998. The lowest BCUT2D eigenvalue weighted by atomic mass is 10.1. The van der Waals surface area contributed by atoms with Gasteiger partial charge in [-0.15, -0.1) is 0 Å². The van der Waals surface area contributed by atoms with Crippen LogP contribution in [0.5, 0.6) is 0 Å². The van der Waals surface area contributed by atoms with Crippen LogP contribution in [0.2, 0.25) is 0 Å². The number of anilines is 1. The van der Waals surface area contributed by atoms with E-state index in [2.05, 4.69) is 48.0 Å². The number of aromatic nitrogens is 3. The topological polar surface area (TPSA) is 41.9 Å². The van der Waals surface area contributed by atoms with Crippen molar-refractivity contribution in [1.82, 2.24) is 15.0 Å². The lowest BCUT2D eigenvalue weighted by Crippen LogP contribution is -2.25. The van der Waals surface area contributed by atoms with E-state index in [1.54, 1.807) is 35.1 Å². The number of thiazole rings is 2. The van der Waals surface area contributed by atoms with Crippen LogP contribution >= 0.6 is 22.7 Å². The Morgan fingerprint density at radius 1 is 0.724 bits per heavy atom. The van der Waals surface area contributed by atoms with E-state index in [1.807, 2.05) is 12.1 Å². The van der Waals surface area contributed by atoms with Gasteiger partial charge >= 0.3 is 0 Å². The van der Waals surface area contributed by atoms with Crippen LogP contribution in [-0.2, 0) is 0 Å². The lowest BCUT2D eigenvalue weighted by molar-refractivity contribution is 0.678. The Balaban J connectivity index is 1.53. The minimum absolute atomic E-state index is 1.01. The molecule has 29 heavy (non-hydrogen) atoms. The molecular formula is C23H26N4S2.